The summed E-state index contributed by atoms with van der Waals surface area (Å²) in [5.74, 6) is 0.587. The first-order valence-electron chi connectivity index (χ1n) is 12.8. The van der Waals surface area contributed by atoms with Crippen molar-refractivity contribution in [3.8, 4) is 5.75 Å². The summed E-state index contributed by atoms with van der Waals surface area (Å²) in [6.07, 6.45) is 1.48. The molecule has 1 aromatic heterocycles. The zero-order valence-corrected chi connectivity index (χ0v) is 21.8. The molecule has 1 amide bonds. The molecule has 0 fully saturated rings. The van der Waals surface area contributed by atoms with Crippen molar-refractivity contribution in [1.29, 1.82) is 0 Å². The van der Waals surface area contributed by atoms with Gasteiger partial charge >= 0.3 is 0 Å². The van der Waals surface area contributed by atoms with Crippen LogP contribution in [-0.4, -0.2) is 37.6 Å². The van der Waals surface area contributed by atoms with E-state index in [0.717, 1.165) is 5.56 Å². The van der Waals surface area contributed by atoms with E-state index in [2.05, 4.69) is 0 Å². The van der Waals surface area contributed by atoms with E-state index >= 15 is 0 Å². The summed E-state index contributed by atoms with van der Waals surface area (Å²) in [6.45, 7) is 3.43. The van der Waals surface area contributed by atoms with Crippen LogP contribution in [0, 0.1) is 11.7 Å². The molecule has 1 atom stereocenters. The molecule has 0 saturated heterocycles. The van der Waals surface area contributed by atoms with Crippen molar-refractivity contribution in [2.24, 2.45) is 11.7 Å². The molecular weight excluding hydrogens is 483 g/mol. The summed E-state index contributed by atoms with van der Waals surface area (Å²) in [5, 5.41) is 0.355. The fourth-order valence-corrected chi connectivity index (χ4v) is 4.63. The first kappa shape index (κ1) is 27.1. The molecule has 0 aliphatic rings. The molecule has 7 heteroatoms. The van der Waals surface area contributed by atoms with E-state index in [9.17, 15) is 14.0 Å². The predicted octanol–water partition coefficient (Wildman–Crippen LogP) is 5.20. The van der Waals surface area contributed by atoms with Crippen LogP contribution < -0.4 is 15.9 Å². The van der Waals surface area contributed by atoms with Crippen LogP contribution in [0.15, 0.2) is 82.0 Å². The highest BCUT2D eigenvalue weighted by atomic mass is 19.1. The second-order valence-corrected chi connectivity index (χ2v) is 9.57. The standard InChI is InChI=1S/C31H33FN2O4/c1-21(20-34(16-6-15-33)31(36)23-9-12-25(37-2)13-10-23)17-28-27(18-22-7-4-3-5-8-22)30(35)26-14-11-24(32)19-29(26)38-28/h3-5,7-14,19,21H,6,15-18,20,33H2,1-2H3. The summed E-state index contributed by atoms with van der Waals surface area (Å²) in [5.41, 5.74) is 7.91. The van der Waals surface area contributed by atoms with Crippen molar-refractivity contribution >= 4 is 16.9 Å². The van der Waals surface area contributed by atoms with Gasteiger partial charge < -0.3 is 19.8 Å². The van der Waals surface area contributed by atoms with Gasteiger partial charge in [-0.15, -0.1) is 0 Å². The lowest BCUT2D eigenvalue weighted by Crippen LogP contribution is -2.37. The Labute approximate surface area is 221 Å². The fraction of sp³-hybridized carbons (Fsp3) is 0.290. The number of carbonyl (C=O) groups is 1. The summed E-state index contributed by atoms with van der Waals surface area (Å²) in [6, 6.07) is 20.7. The molecule has 198 valence electrons. The number of methoxy groups -OCH3 is 1. The van der Waals surface area contributed by atoms with Gasteiger partial charge in [-0.05, 0) is 60.8 Å². The minimum absolute atomic E-state index is 0.0429. The summed E-state index contributed by atoms with van der Waals surface area (Å²) < 4.78 is 25.3. The Morgan fingerprint density at radius 2 is 1.82 bits per heavy atom. The number of ether oxygens (including phenoxy) is 1. The molecule has 0 spiro atoms. The van der Waals surface area contributed by atoms with Gasteiger partial charge in [0.15, 0.2) is 5.43 Å². The zero-order valence-electron chi connectivity index (χ0n) is 21.8. The molecule has 38 heavy (non-hydrogen) atoms. The first-order valence-corrected chi connectivity index (χ1v) is 12.8. The van der Waals surface area contributed by atoms with Crippen molar-refractivity contribution in [2.75, 3.05) is 26.7 Å². The second kappa shape index (κ2) is 12.5. The third-order valence-corrected chi connectivity index (χ3v) is 6.58. The van der Waals surface area contributed by atoms with E-state index in [4.69, 9.17) is 14.9 Å². The molecule has 2 N–H and O–H groups in total. The zero-order chi connectivity index (χ0) is 27.1. The molecule has 0 aliphatic heterocycles. The van der Waals surface area contributed by atoms with Gasteiger partial charge in [0.2, 0.25) is 0 Å². The van der Waals surface area contributed by atoms with E-state index in [0.29, 0.717) is 66.9 Å². The van der Waals surface area contributed by atoms with Gasteiger partial charge in [-0.2, -0.15) is 0 Å². The Kier molecular flexibility index (Phi) is 8.92. The highest BCUT2D eigenvalue weighted by Gasteiger charge is 2.22. The van der Waals surface area contributed by atoms with Crippen LogP contribution in [0.1, 0.15) is 40.6 Å². The Bertz CT molecular complexity index is 1430. The molecule has 4 aromatic rings. The Hall–Kier alpha value is -3.97. The first-order chi connectivity index (χ1) is 18.4. The summed E-state index contributed by atoms with van der Waals surface area (Å²) >= 11 is 0. The predicted molar refractivity (Wildman–Crippen MR) is 147 cm³/mol. The molecule has 0 bridgehead atoms. The highest BCUT2D eigenvalue weighted by molar-refractivity contribution is 5.94. The molecule has 6 nitrogen and oxygen atoms in total. The number of fused-ring (bicyclic) bond motifs is 1. The van der Waals surface area contributed by atoms with Crippen molar-refractivity contribution < 1.29 is 18.3 Å². The smallest absolute Gasteiger partial charge is 0.253 e. The van der Waals surface area contributed by atoms with Crippen LogP contribution in [0.5, 0.6) is 5.75 Å². The number of nitrogens with two attached hydrogens (primary N) is 1. The molecule has 4 rings (SSSR count). The number of nitrogens with zero attached hydrogens (tertiary/aromatic N) is 1. The van der Waals surface area contributed by atoms with Crippen LogP contribution in [-0.2, 0) is 12.8 Å². The minimum Gasteiger partial charge on any atom is -0.497 e. The van der Waals surface area contributed by atoms with Crippen molar-refractivity contribution in [2.45, 2.75) is 26.2 Å². The molecule has 3 aromatic carbocycles. The summed E-state index contributed by atoms with van der Waals surface area (Å²) in [7, 11) is 1.58. The van der Waals surface area contributed by atoms with Crippen molar-refractivity contribution in [3.63, 3.8) is 0 Å². The van der Waals surface area contributed by atoms with Gasteiger partial charge in [-0.25, -0.2) is 4.39 Å². The molecule has 0 saturated carbocycles. The number of amides is 1. The summed E-state index contributed by atoms with van der Waals surface area (Å²) in [4.78, 5) is 28.6. The molecular formula is C31H33FN2O4. The molecule has 1 heterocycles. The largest absolute Gasteiger partial charge is 0.497 e. The molecule has 1 unspecified atom stereocenters. The van der Waals surface area contributed by atoms with Gasteiger partial charge in [-0.1, -0.05) is 37.3 Å². The van der Waals surface area contributed by atoms with E-state index in [1.54, 1.807) is 36.3 Å². The number of rotatable bonds is 11. The van der Waals surface area contributed by atoms with Gasteiger partial charge in [0.25, 0.3) is 5.91 Å². The van der Waals surface area contributed by atoms with Crippen LogP contribution in [0.3, 0.4) is 0 Å². The minimum atomic E-state index is -0.464. The van der Waals surface area contributed by atoms with E-state index < -0.39 is 5.82 Å². The van der Waals surface area contributed by atoms with Crippen LogP contribution in [0.25, 0.3) is 11.0 Å². The number of hydrogen-bond donors (Lipinski definition) is 1. The second-order valence-electron chi connectivity index (χ2n) is 9.57. The van der Waals surface area contributed by atoms with Crippen LogP contribution in [0.4, 0.5) is 4.39 Å². The molecule has 0 radical (unpaired) electrons. The Morgan fingerprint density at radius 3 is 2.50 bits per heavy atom. The lowest BCUT2D eigenvalue weighted by atomic mass is 9.96. The maximum atomic E-state index is 14.0. The van der Waals surface area contributed by atoms with E-state index in [-0.39, 0.29) is 22.8 Å². The Balaban J connectivity index is 1.62. The van der Waals surface area contributed by atoms with Gasteiger partial charge in [-0.3, -0.25) is 9.59 Å². The topological polar surface area (TPSA) is 85.8 Å². The van der Waals surface area contributed by atoms with Crippen molar-refractivity contribution in [1.82, 2.24) is 4.90 Å². The van der Waals surface area contributed by atoms with Crippen molar-refractivity contribution in [3.05, 3.63) is 111 Å². The van der Waals surface area contributed by atoms with Crippen LogP contribution >= 0.6 is 0 Å². The fourth-order valence-electron chi connectivity index (χ4n) is 4.63. The highest BCUT2D eigenvalue weighted by Crippen LogP contribution is 2.23. The number of benzene rings is 3. The monoisotopic (exact) mass is 516 g/mol. The van der Waals surface area contributed by atoms with Gasteiger partial charge in [0.1, 0.15) is 22.9 Å². The lowest BCUT2D eigenvalue weighted by molar-refractivity contribution is 0.0729. The number of halogens is 1. The van der Waals surface area contributed by atoms with E-state index in [1.165, 1.54) is 18.2 Å². The maximum Gasteiger partial charge on any atom is 0.253 e. The SMILES string of the molecule is COc1ccc(C(=O)N(CCCN)CC(C)Cc2oc3cc(F)ccc3c(=O)c2Cc2ccccc2)cc1. The van der Waals surface area contributed by atoms with Crippen LogP contribution in [0.2, 0.25) is 0 Å². The Morgan fingerprint density at radius 1 is 1.08 bits per heavy atom. The third-order valence-electron chi connectivity index (χ3n) is 6.58. The number of carbonyl (C=O) groups excluding carboxylic acids is 1. The average molecular weight is 517 g/mol. The lowest BCUT2D eigenvalue weighted by Gasteiger charge is -2.26. The normalized spacial score (nSPS) is 11.9. The average Bonchev–Trinajstić information content (AvgIpc) is 2.93. The molecule has 0 aliphatic carbocycles. The van der Waals surface area contributed by atoms with Gasteiger partial charge in [0, 0.05) is 43.1 Å². The quantitative estimate of drug-likeness (QED) is 0.296. The van der Waals surface area contributed by atoms with E-state index in [1.807, 2.05) is 37.3 Å². The maximum absolute atomic E-state index is 14.0. The van der Waals surface area contributed by atoms with Gasteiger partial charge in [0.05, 0.1) is 12.5 Å². The number of hydrogen-bond acceptors (Lipinski definition) is 5. The third kappa shape index (κ3) is 6.47.